The van der Waals surface area contributed by atoms with Crippen molar-refractivity contribution in [2.24, 2.45) is 4.99 Å². The summed E-state index contributed by atoms with van der Waals surface area (Å²) in [6, 6.07) is 2.35. The third-order valence-electron chi connectivity index (χ3n) is 1.18. The first-order valence-corrected chi connectivity index (χ1v) is 4.37. The van der Waals surface area contributed by atoms with Crippen LogP contribution in [0.4, 0.5) is 14.5 Å². The summed E-state index contributed by atoms with van der Waals surface area (Å²) in [5.74, 6) is -1.30. The van der Waals surface area contributed by atoms with Gasteiger partial charge in [-0.2, -0.15) is 4.99 Å². The first-order valence-electron chi connectivity index (χ1n) is 2.88. The third kappa shape index (κ3) is 1.85. The Morgan fingerprint density at radius 3 is 2.67 bits per heavy atom. The summed E-state index contributed by atoms with van der Waals surface area (Å²) in [5.41, 5.74) is 0.0100. The lowest BCUT2D eigenvalue weighted by Crippen LogP contribution is -1.87. The van der Waals surface area contributed by atoms with E-state index in [1.54, 1.807) is 22.6 Å². The molecule has 0 saturated heterocycles. The van der Waals surface area contributed by atoms with E-state index >= 15 is 0 Å². The molecule has 0 bridgehead atoms. The molecule has 0 N–H and O–H groups in total. The fraction of sp³-hybridized carbons (Fsp3) is 0. The number of halogens is 3. The summed E-state index contributed by atoms with van der Waals surface area (Å²) in [5, 5.41) is 2.01. The Hall–Kier alpha value is -0.390. The van der Waals surface area contributed by atoms with Crippen LogP contribution in [-0.4, -0.2) is 5.16 Å². The maximum absolute atomic E-state index is 13.0. The Balaban J connectivity index is 3.35. The van der Waals surface area contributed by atoms with E-state index in [2.05, 4.69) is 17.2 Å². The van der Waals surface area contributed by atoms with Gasteiger partial charge in [0, 0.05) is 0 Å². The number of thiocarbonyl (C=S) groups is 1. The summed E-state index contributed by atoms with van der Waals surface area (Å²) in [6.45, 7) is 0. The van der Waals surface area contributed by atoms with Gasteiger partial charge in [-0.05, 0) is 46.9 Å². The van der Waals surface area contributed by atoms with Gasteiger partial charge in [0.2, 0.25) is 0 Å². The van der Waals surface area contributed by atoms with Gasteiger partial charge in [0.1, 0.15) is 11.5 Å². The number of nitrogens with zero attached hydrogens (tertiary/aromatic N) is 1. The lowest BCUT2D eigenvalue weighted by atomic mass is 10.3. The van der Waals surface area contributed by atoms with Gasteiger partial charge in [-0.25, -0.2) is 8.78 Å². The summed E-state index contributed by atoms with van der Waals surface area (Å²) in [7, 11) is 0. The van der Waals surface area contributed by atoms with Gasteiger partial charge in [0.25, 0.3) is 0 Å². The SMILES string of the molecule is Fc1ccc(N=C=S)c(F)c1I. The van der Waals surface area contributed by atoms with E-state index in [-0.39, 0.29) is 9.26 Å². The van der Waals surface area contributed by atoms with Gasteiger partial charge in [0.05, 0.1) is 8.73 Å². The molecule has 0 amide bonds. The third-order valence-corrected chi connectivity index (χ3v) is 2.26. The minimum Gasteiger partial charge on any atom is -0.206 e. The van der Waals surface area contributed by atoms with E-state index < -0.39 is 11.6 Å². The molecule has 0 aliphatic rings. The monoisotopic (exact) mass is 297 g/mol. The highest BCUT2D eigenvalue weighted by Gasteiger charge is 2.09. The summed E-state index contributed by atoms with van der Waals surface area (Å²) >= 11 is 5.85. The van der Waals surface area contributed by atoms with Gasteiger partial charge in [-0.15, -0.1) is 0 Å². The van der Waals surface area contributed by atoms with Gasteiger partial charge >= 0.3 is 0 Å². The number of aliphatic imine (C=N–C) groups is 1. The van der Waals surface area contributed by atoms with Gasteiger partial charge < -0.3 is 0 Å². The Labute approximate surface area is 86.6 Å². The van der Waals surface area contributed by atoms with Crippen LogP contribution >= 0.6 is 34.8 Å². The second kappa shape index (κ2) is 4.02. The average Bonchev–Trinajstić information content (AvgIpc) is 2.07. The normalized spacial score (nSPS) is 9.25. The first-order chi connectivity index (χ1) is 5.66. The van der Waals surface area contributed by atoms with Crippen LogP contribution in [0.25, 0.3) is 0 Å². The van der Waals surface area contributed by atoms with E-state index in [4.69, 9.17) is 0 Å². The molecule has 62 valence electrons. The summed E-state index contributed by atoms with van der Waals surface area (Å²) in [4.78, 5) is 3.43. The van der Waals surface area contributed by atoms with Gasteiger partial charge in [0.15, 0.2) is 5.82 Å². The number of isothiocyanates is 1. The molecule has 0 aliphatic heterocycles. The average molecular weight is 297 g/mol. The van der Waals surface area contributed by atoms with Crippen molar-refractivity contribution in [3.05, 3.63) is 27.3 Å². The molecule has 0 radical (unpaired) electrons. The van der Waals surface area contributed by atoms with Crippen LogP contribution in [0.5, 0.6) is 0 Å². The number of rotatable bonds is 1. The Morgan fingerprint density at radius 1 is 1.42 bits per heavy atom. The molecule has 1 nitrogen and oxygen atoms in total. The molecular weight excluding hydrogens is 295 g/mol. The zero-order chi connectivity index (χ0) is 9.14. The lowest BCUT2D eigenvalue weighted by molar-refractivity contribution is 0.572. The number of hydrogen-bond acceptors (Lipinski definition) is 2. The minimum absolute atomic E-state index is 0.0100. The maximum atomic E-state index is 13.0. The molecule has 5 heteroatoms. The molecule has 1 aromatic carbocycles. The Bertz CT molecular complexity index is 361. The van der Waals surface area contributed by atoms with Crippen molar-refractivity contribution < 1.29 is 8.78 Å². The first kappa shape index (κ1) is 9.70. The predicted octanol–water partition coefficient (Wildman–Crippen LogP) is 3.30. The molecule has 0 aromatic heterocycles. The second-order valence-corrected chi connectivity index (χ2v) is 3.16. The smallest absolute Gasteiger partial charge is 0.165 e. The van der Waals surface area contributed by atoms with E-state index in [9.17, 15) is 8.78 Å². The zero-order valence-corrected chi connectivity index (χ0v) is 8.62. The standard InChI is InChI=1S/C7H2F2INS/c8-4-1-2-5(11-3-12)6(9)7(4)10/h1-2H. The topological polar surface area (TPSA) is 12.4 Å². The van der Waals surface area contributed by atoms with E-state index in [1.807, 2.05) is 5.16 Å². The highest BCUT2D eigenvalue weighted by atomic mass is 127. The Kier molecular flexibility index (Phi) is 3.25. The highest BCUT2D eigenvalue weighted by molar-refractivity contribution is 14.1. The van der Waals surface area contributed by atoms with Crippen molar-refractivity contribution >= 4 is 45.7 Å². The van der Waals surface area contributed by atoms with Crippen molar-refractivity contribution in [2.75, 3.05) is 0 Å². The molecule has 0 fully saturated rings. The van der Waals surface area contributed by atoms with Crippen molar-refractivity contribution in [1.82, 2.24) is 0 Å². The molecule has 1 rings (SSSR count). The van der Waals surface area contributed by atoms with Gasteiger partial charge in [-0.3, -0.25) is 0 Å². The molecule has 0 saturated carbocycles. The van der Waals surface area contributed by atoms with Crippen LogP contribution in [0.2, 0.25) is 0 Å². The van der Waals surface area contributed by atoms with Crippen molar-refractivity contribution in [2.45, 2.75) is 0 Å². The Morgan fingerprint density at radius 2 is 2.08 bits per heavy atom. The van der Waals surface area contributed by atoms with Gasteiger partial charge in [-0.1, -0.05) is 0 Å². The summed E-state index contributed by atoms with van der Waals surface area (Å²) in [6.07, 6.45) is 0. The molecule has 0 atom stereocenters. The second-order valence-electron chi connectivity index (χ2n) is 1.90. The number of benzene rings is 1. The van der Waals surface area contributed by atoms with Crippen LogP contribution in [0, 0.1) is 15.2 Å². The van der Waals surface area contributed by atoms with E-state index in [0.29, 0.717) is 0 Å². The molecule has 0 heterocycles. The largest absolute Gasteiger partial charge is 0.206 e. The van der Waals surface area contributed by atoms with Crippen molar-refractivity contribution in [3.63, 3.8) is 0 Å². The summed E-state index contributed by atoms with van der Waals surface area (Å²) < 4.78 is 25.6. The quantitative estimate of drug-likeness (QED) is 0.335. The molecular formula is C7H2F2INS. The van der Waals surface area contributed by atoms with Crippen LogP contribution in [0.15, 0.2) is 17.1 Å². The molecule has 0 unspecified atom stereocenters. The molecule has 0 spiro atoms. The van der Waals surface area contributed by atoms with E-state index in [0.717, 1.165) is 6.07 Å². The number of hydrogen-bond donors (Lipinski definition) is 0. The molecule has 0 aliphatic carbocycles. The van der Waals surface area contributed by atoms with Crippen LogP contribution in [0.3, 0.4) is 0 Å². The molecule has 1 aromatic rings. The predicted molar refractivity (Wildman–Crippen MR) is 53.8 cm³/mol. The van der Waals surface area contributed by atoms with E-state index in [1.165, 1.54) is 6.07 Å². The fourth-order valence-electron chi connectivity index (χ4n) is 0.651. The van der Waals surface area contributed by atoms with Crippen LogP contribution in [-0.2, 0) is 0 Å². The lowest BCUT2D eigenvalue weighted by Gasteiger charge is -1.97. The zero-order valence-electron chi connectivity index (χ0n) is 5.64. The highest BCUT2D eigenvalue weighted by Crippen LogP contribution is 2.24. The molecule has 12 heavy (non-hydrogen) atoms. The minimum atomic E-state index is -0.701. The maximum Gasteiger partial charge on any atom is 0.165 e. The van der Waals surface area contributed by atoms with Crippen molar-refractivity contribution in [3.8, 4) is 0 Å². The van der Waals surface area contributed by atoms with Crippen LogP contribution in [0.1, 0.15) is 0 Å². The van der Waals surface area contributed by atoms with Crippen LogP contribution < -0.4 is 0 Å². The van der Waals surface area contributed by atoms with Crippen molar-refractivity contribution in [1.29, 1.82) is 0 Å². The fourth-order valence-corrected chi connectivity index (χ4v) is 1.21.